The molecule has 0 atom stereocenters. The van der Waals surface area contributed by atoms with Crippen molar-refractivity contribution in [3.63, 3.8) is 0 Å². The number of carbonyl (C=O) groups is 2. The lowest BCUT2D eigenvalue weighted by atomic mass is 10.5. The van der Waals surface area contributed by atoms with Crippen molar-refractivity contribution >= 4 is 12.0 Å². The van der Waals surface area contributed by atoms with Crippen LogP contribution in [-0.2, 0) is 9.53 Å². The van der Waals surface area contributed by atoms with Crippen LogP contribution < -0.4 is 5.73 Å². The summed E-state index contributed by atoms with van der Waals surface area (Å²) in [6.45, 7) is 3.34. The van der Waals surface area contributed by atoms with Crippen LogP contribution >= 0.6 is 0 Å². The fraction of sp³-hybridized carbons (Fsp3) is 0.714. The van der Waals surface area contributed by atoms with Gasteiger partial charge in [-0.1, -0.05) is 0 Å². The van der Waals surface area contributed by atoms with E-state index in [0.29, 0.717) is 0 Å². The zero-order chi connectivity index (χ0) is 9.72. The summed E-state index contributed by atoms with van der Waals surface area (Å²) >= 11 is 0. The average molecular weight is 174 g/mol. The number of likely N-dealkylation sites (N-methyl/N-ethyl adjacent to an activating group) is 1. The van der Waals surface area contributed by atoms with Crippen LogP contribution in [0.25, 0.3) is 0 Å². The van der Waals surface area contributed by atoms with E-state index >= 15 is 0 Å². The third-order valence-corrected chi connectivity index (χ3v) is 1.04. The van der Waals surface area contributed by atoms with Gasteiger partial charge in [0, 0.05) is 7.05 Å². The summed E-state index contributed by atoms with van der Waals surface area (Å²) in [5, 5.41) is 0. The van der Waals surface area contributed by atoms with E-state index in [9.17, 15) is 9.59 Å². The molecule has 0 heterocycles. The summed E-state index contributed by atoms with van der Waals surface area (Å²) in [6.07, 6.45) is -0.725. The van der Waals surface area contributed by atoms with Crippen LogP contribution in [0, 0.1) is 0 Å². The van der Waals surface area contributed by atoms with Gasteiger partial charge in [0.05, 0.1) is 6.10 Å². The number of primary amides is 1. The number of nitrogens with two attached hydrogens (primary N) is 1. The smallest absolute Gasteiger partial charge is 0.410 e. The van der Waals surface area contributed by atoms with Crippen molar-refractivity contribution in [2.75, 3.05) is 13.6 Å². The second-order valence-electron chi connectivity index (χ2n) is 2.75. The van der Waals surface area contributed by atoms with E-state index in [4.69, 9.17) is 10.5 Å². The molecule has 0 saturated carbocycles. The summed E-state index contributed by atoms with van der Waals surface area (Å²) in [6, 6.07) is 0. The molecule has 2 amide bonds. The van der Waals surface area contributed by atoms with Crippen molar-refractivity contribution in [3.05, 3.63) is 0 Å². The first-order chi connectivity index (χ1) is 5.43. The molecule has 0 rings (SSSR count). The van der Waals surface area contributed by atoms with Crippen molar-refractivity contribution < 1.29 is 14.3 Å². The number of hydrogen-bond donors (Lipinski definition) is 1. The molecule has 0 radical (unpaired) electrons. The molecule has 0 aromatic rings. The summed E-state index contributed by atoms with van der Waals surface area (Å²) in [5.41, 5.74) is 4.87. The van der Waals surface area contributed by atoms with Crippen LogP contribution in [0.5, 0.6) is 0 Å². The van der Waals surface area contributed by atoms with Gasteiger partial charge in [0.1, 0.15) is 6.54 Å². The van der Waals surface area contributed by atoms with E-state index in [1.54, 1.807) is 13.8 Å². The zero-order valence-corrected chi connectivity index (χ0v) is 7.53. The van der Waals surface area contributed by atoms with Gasteiger partial charge in [-0.3, -0.25) is 4.79 Å². The van der Waals surface area contributed by atoms with Crippen LogP contribution in [-0.4, -0.2) is 36.6 Å². The largest absolute Gasteiger partial charge is 0.447 e. The minimum Gasteiger partial charge on any atom is -0.447 e. The Morgan fingerprint density at radius 1 is 1.50 bits per heavy atom. The molecule has 0 spiro atoms. The lowest BCUT2D eigenvalue weighted by Crippen LogP contribution is -2.36. The Bertz CT molecular complexity index is 179. The van der Waals surface area contributed by atoms with Gasteiger partial charge in [-0.2, -0.15) is 0 Å². The minimum atomic E-state index is -0.557. The number of hydrogen-bond acceptors (Lipinski definition) is 3. The van der Waals surface area contributed by atoms with E-state index in [0.717, 1.165) is 4.90 Å². The molecular formula is C7H14N2O3. The predicted octanol–water partition coefficient (Wildman–Crippen LogP) is -0.0515. The fourth-order valence-electron chi connectivity index (χ4n) is 0.590. The highest BCUT2D eigenvalue weighted by atomic mass is 16.6. The molecule has 12 heavy (non-hydrogen) atoms. The van der Waals surface area contributed by atoms with Gasteiger partial charge in [-0.05, 0) is 13.8 Å². The summed E-state index contributed by atoms with van der Waals surface area (Å²) in [5.74, 6) is -0.557. The molecule has 0 unspecified atom stereocenters. The van der Waals surface area contributed by atoms with Gasteiger partial charge in [0.2, 0.25) is 5.91 Å². The molecule has 5 heteroatoms. The predicted molar refractivity (Wildman–Crippen MR) is 43.4 cm³/mol. The first-order valence-electron chi connectivity index (χ1n) is 3.63. The first-order valence-corrected chi connectivity index (χ1v) is 3.63. The highest BCUT2D eigenvalue weighted by molar-refractivity contribution is 5.80. The van der Waals surface area contributed by atoms with Crippen LogP contribution in [0.3, 0.4) is 0 Å². The second-order valence-corrected chi connectivity index (χ2v) is 2.75. The van der Waals surface area contributed by atoms with Crippen molar-refractivity contribution in [3.8, 4) is 0 Å². The molecule has 0 aromatic carbocycles. The molecule has 70 valence electrons. The number of carbonyl (C=O) groups excluding carboxylic acids is 2. The highest BCUT2D eigenvalue weighted by Crippen LogP contribution is 1.94. The lowest BCUT2D eigenvalue weighted by molar-refractivity contribution is -0.118. The van der Waals surface area contributed by atoms with Gasteiger partial charge < -0.3 is 15.4 Å². The normalized spacial score (nSPS) is 9.67. The van der Waals surface area contributed by atoms with Crippen molar-refractivity contribution in [1.29, 1.82) is 0 Å². The van der Waals surface area contributed by atoms with Crippen molar-refractivity contribution in [1.82, 2.24) is 4.90 Å². The zero-order valence-electron chi connectivity index (χ0n) is 7.53. The number of rotatable bonds is 3. The molecule has 0 saturated heterocycles. The molecule has 0 bridgehead atoms. The van der Waals surface area contributed by atoms with Crippen molar-refractivity contribution in [2.24, 2.45) is 5.73 Å². The van der Waals surface area contributed by atoms with E-state index in [2.05, 4.69) is 0 Å². The Kier molecular flexibility index (Phi) is 4.10. The van der Waals surface area contributed by atoms with Gasteiger partial charge in [0.25, 0.3) is 0 Å². The number of ether oxygens (including phenoxy) is 1. The third-order valence-electron chi connectivity index (χ3n) is 1.04. The summed E-state index contributed by atoms with van der Waals surface area (Å²) in [7, 11) is 1.45. The number of nitrogens with zero attached hydrogens (tertiary/aromatic N) is 1. The Balaban J connectivity index is 3.85. The third kappa shape index (κ3) is 4.54. The van der Waals surface area contributed by atoms with Crippen LogP contribution in [0.2, 0.25) is 0 Å². The molecule has 5 nitrogen and oxygen atoms in total. The Hall–Kier alpha value is -1.26. The summed E-state index contributed by atoms with van der Waals surface area (Å²) in [4.78, 5) is 22.5. The van der Waals surface area contributed by atoms with Crippen LogP contribution in [0.1, 0.15) is 13.8 Å². The van der Waals surface area contributed by atoms with E-state index in [1.807, 2.05) is 0 Å². The lowest BCUT2D eigenvalue weighted by Gasteiger charge is -2.16. The fourth-order valence-corrected chi connectivity index (χ4v) is 0.590. The molecule has 0 aliphatic carbocycles. The molecule has 0 aliphatic rings. The van der Waals surface area contributed by atoms with Crippen LogP contribution in [0.4, 0.5) is 4.79 Å². The summed E-state index contributed by atoms with van der Waals surface area (Å²) < 4.78 is 4.79. The Morgan fingerprint density at radius 3 is 2.33 bits per heavy atom. The average Bonchev–Trinajstić information content (AvgIpc) is 1.84. The minimum absolute atomic E-state index is 0.119. The maximum absolute atomic E-state index is 11.0. The molecule has 2 N–H and O–H groups in total. The molecule has 0 aromatic heterocycles. The monoisotopic (exact) mass is 174 g/mol. The molecule has 0 fully saturated rings. The van der Waals surface area contributed by atoms with Crippen LogP contribution in [0.15, 0.2) is 0 Å². The highest BCUT2D eigenvalue weighted by Gasteiger charge is 2.12. The standard InChI is InChI=1S/C7H14N2O3/c1-5(2)12-7(11)9(3)4-6(8)10/h5H,4H2,1-3H3,(H2,8,10). The first kappa shape index (κ1) is 10.7. The second kappa shape index (κ2) is 4.58. The van der Waals surface area contributed by atoms with Gasteiger partial charge in [-0.25, -0.2) is 4.79 Å². The topological polar surface area (TPSA) is 72.6 Å². The quantitative estimate of drug-likeness (QED) is 0.651. The van der Waals surface area contributed by atoms with E-state index in [-0.39, 0.29) is 12.6 Å². The molecular weight excluding hydrogens is 160 g/mol. The van der Waals surface area contributed by atoms with E-state index < -0.39 is 12.0 Å². The number of amides is 2. The van der Waals surface area contributed by atoms with Gasteiger partial charge in [0.15, 0.2) is 0 Å². The van der Waals surface area contributed by atoms with Gasteiger partial charge in [-0.15, -0.1) is 0 Å². The van der Waals surface area contributed by atoms with Crippen molar-refractivity contribution in [2.45, 2.75) is 20.0 Å². The van der Waals surface area contributed by atoms with E-state index in [1.165, 1.54) is 7.05 Å². The SMILES string of the molecule is CC(C)OC(=O)N(C)CC(N)=O. The Labute approximate surface area is 71.5 Å². The molecule has 0 aliphatic heterocycles. The van der Waals surface area contributed by atoms with Gasteiger partial charge >= 0.3 is 6.09 Å². The maximum Gasteiger partial charge on any atom is 0.410 e. The maximum atomic E-state index is 11.0. The Morgan fingerprint density at radius 2 is 2.00 bits per heavy atom.